The van der Waals surface area contributed by atoms with E-state index >= 15 is 0 Å². The van der Waals surface area contributed by atoms with Crippen LogP contribution in [0.4, 0.5) is 0 Å². The number of rotatable bonds is 5. The van der Waals surface area contributed by atoms with Crippen LogP contribution >= 0.6 is 0 Å². The fourth-order valence-electron chi connectivity index (χ4n) is 10.5. The molecule has 0 amide bonds. The Labute approximate surface area is 345 Å². The van der Waals surface area contributed by atoms with E-state index in [1.54, 1.807) is 0 Å². The maximum atomic E-state index is 5.61. The second-order valence-corrected chi connectivity index (χ2v) is 20.2. The second kappa shape index (κ2) is 12.7. The lowest BCUT2D eigenvalue weighted by Gasteiger charge is -2.32. The summed E-state index contributed by atoms with van der Waals surface area (Å²) in [6, 6.07) is 73.3. The Balaban J connectivity index is 1.10. The molecule has 10 aromatic rings. The van der Waals surface area contributed by atoms with E-state index in [9.17, 15) is 0 Å². The normalized spacial score (nSPS) is 14.2. The molecular weight excluding hydrogens is 731 g/mol. The van der Waals surface area contributed by atoms with E-state index in [0.717, 1.165) is 34.0 Å². The Bertz CT molecular complexity index is 3240. The van der Waals surface area contributed by atoms with Crippen LogP contribution in [0, 0.1) is 0 Å². The molecule has 12 rings (SSSR count). The molecule has 2 aromatic heterocycles. The van der Waals surface area contributed by atoms with Crippen LogP contribution in [0.5, 0.6) is 0 Å². The molecule has 0 saturated carbocycles. The van der Waals surface area contributed by atoms with Gasteiger partial charge in [-0.3, -0.25) is 0 Å². The van der Waals surface area contributed by atoms with E-state index < -0.39 is 8.07 Å². The van der Waals surface area contributed by atoms with Crippen LogP contribution < -0.4 is 20.7 Å². The summed E-state index contributed by atoms with van der Waals surface area (Å²) in [5.74, 6) is 0.730. The van der Waals surface area contributed by atoms with Gasteiger partial charge in [0.1, 0.15) is 0 Å². The van der Waals surface area contributed by atoms with Crippen molar-refractivity contribution in [3.8, 4) is 50.7 Å². The maximum absolute atomic E-state index is 5.61. The Morgan fingerprint density at radius 2 is 1.05 bits per heavy atom. The van der Waals surface area contributed by atoms with Crippen molar-refractivity contribution in [3.05, 3.63) is 211 Å². The molecule has 0 N–H and O–H groups in total. The van der Waals surface area contributed by atoms with Crippen molar-refractivity contribution >= 4 is 50.6 Å². The predicted molar refractivity (Wildman–Crippen MR) is 247 cm³/mol. The highest BCUT2D eigenvalue weighted by Gasteiger charge is 2.51. The van der Waals surface area contributed by atoms with Crippen molar-refractivity contribution in [2.24, 2.45) is 0 Å². The summed E-state index contributed by atoms with van der Waals surface area (Å²) in [5.41, 5.74) is 14.2. The Morgan fingerprint density at radius 3 is 1.78 bits per heavy atom. The minimum Gasteiger partial charge on any atom is -0.309 e. The Kier molecular flexibility index (Phi) is 7.29. The third kappa shape index (κ3) is 4.69. The number of fused-ring (bicyclic) bond motifs is 10. The van der Waals surface area contributed by atoms with Gasteiger partial charge >= 0.3 is 0 Å². The van der Waals surface area contributed by atoms with Gasteiger partial charge in [0.15, 0.2) is 13.9 Å². The molecule has 2 aliphatic rings. The highest BCUT2D eigenvalue weighted by molar-refractivity contribution is 7.22. The zero-order valence-electron chi connectivity index (χ0n) is 32.9. The van der Waals surface area contributed by atoms with Crippen LogP contribution in [0.2, 0.25) is 0 Å². The molecule has 0 fully saturated rings. The minimum absolute atomic E-state index is 0.0906. The summed E-state index contributed by atoms with van der Waals surface area (Å²) in [7, 11) is -2.85. The fraction of sp³-hybridized carbons (Fsp3) is 0.0545. The molecule has 1 aliphatic heterocycles. The first-order chi connectivity index (χ1) is 29.0. The summed E-state index contributed by atoms with van der Waals surface area (Å²) < 4.78 is 2.47. The topological polar surface area (TPSA) is 30.7 Å². The van der Waals surface area contributed by atoms with Crippen molar-refractivity contribution in [2.75, 3.05) is 0 Å². The van der Waals surface area contributed by atoms with Gasteiger partial charge in [0.05, 0.1) is 22.4 Å². The quantitative estimate of drug-likeness (QED) is 0.163. The molecule has 4 heteroatoms. The Hall–Kier alpha value is -7.14. The van der Waals surface area contributed by atoms with Crippen molar-refractivity contribution in [2.45, 2.75) is 19.3 Å². The Morgan fingerprint density at radius 1 is 0.458 bits per heavy atom. The SMILES string of the molecule is CC1(C)c2ccccc2-c2c1ccc1c3ccccc3n(-c3ccc(-c4nc(-c5ccccc5)c5c(n4)-c4ccccc4[Si]5(c4ccccc4)c4ccccc4)cc3)c21. The van der Waals surface area contributed by atoms with E-state index in [-0.39, 0.29) is 5.41 Å². The smallest absolute Gasteiger partial charge is 0.185 e. The van der Waals surface area contributed by atoms with Crippen molar-refractivity contribution in [3.63, 3.8) is 0 Å². The van der Waals surface area contributed by atoms with Crippen LogP contribution in [-0.4, -0.2) is 22.6 Å². The minimum atomic E-state index is -2.85. The number of hydrogen-bond donors (Lipinski definition) is 0. The van der Waals surface area contributed by atoms with E-state index in [0.29, 0.717) is 0 Å². The van der Waals surface area contributed by atoms with Crippen LogP contribution in [0.1, 0.15) is 25.0 Å². The van der Waals surface area contributed by atoms with Gasteiger partial charge in [-0.2, -0.15) is 0 Å². The molecule has 1 aliphatic carbocycles. The van der Waals surface area contributed by atoms with Gasteiger partial charge in [0.25, 0.3) is 0 Å². The van der Waals surface area contributed by atoms with Gasteiger partial charge in [-0.25, -0.2) is 9.97 Å². The van der Waals surface area contributed by atoms with Gasteiger partial charge in [0.2, 0.25) is 0 Å². The standard InChI is InChI=1S/C55H39N3Si/c1-55(2)45-27-15-12-25-43(45)49-46(55)35-34-42-41-24-13-16-28-47(41)58(52(42)49)38-32-30-37(31-33-38)54-56-50(36-18-6-3-7-19-36)53-51(57-54)44-26-14-17-29-48(44)59(53,39-20-8-4-9-21-39)40-22-10-5-11-23-40/h3-35H,1-2H3. The van der Waals surface area contributed by atoms with Crippen LogP contribution in [0.25, 0.3) is 72.5 Å². The third-order valence-corrected chi connectivity index (χ3v) is 18.0. The lowest BCUT2D eigenvalue weighted by atomic mass is 9.82. The number of para-hydroxylation sites is 1. The fourth-order valence-corrected chi connectivity index (χ4v) is 15.7. The summed E-state index contributed by atoms with van der Waals surface area (Å²) in [5, 5.41) is 7.81. The lowest BCUT2D eigenvalue weighted by Crippen LogP contribution is -2.73. The number of benzene rings is 8. The largest absolute Gasteiger partial charge is 0.309 e. The summed E-state index contributed by atoms with van der Waals surface area (Å²) in [6.07, 6.45) is 0. The first-order valence-corrected chi connectivity index (χ1v) is 22.5. The average Bonchev–Trinajstić information content (AvgIpc) is 3.89. The first-order valence-electron chi connectivity index (χ1n) is 20.5. The van der Waals surface area contributed by atoms with Gasteiger partial charge < -0.3 is 4.57 Å². The molecule has 0 atom stereocenters. The monoisotopic (exact) mass is 769 g/mol. The number of aromatic nitrogens is 3. The zero-order chi connectivity index (χ0) is 39.3. The number of nitrogens with zero attached hydrogens (tertiary/aromatic N) is 3. The summed E-state index contributed by atoms with van der Waals surface area (Å²) in [4.78, 5) is 11.2. The van der Waals surface area contributed by atoms with Crippen LogP contribution in [0.15, 0.2) is 200 Å². The second-order valence-electron chi connectivity index (χ2n) is 16.5. The van der Waals surface area contributed by atoms with Crippen LogP contribution in [0.3, 0.4) is 0 Å². The molecule has 59 heavy (non-hydrogen) atoms. The average molecular weight is 770 g/mol. The van der Waals surface area contributed by atoms with E-state index in [1.807, 2.05) is 0 Å². The van der Waals surface area contributed by atoms with E-state index in [2.05, 4.69) is 219 Å². The van der Waals surface area contributed by atoms with Crippen LogP contribution in [-0.2, 0) is 5.41 Å². The molecule has 0 radical (unpaired) electrons. The predicted octanol–water partition coefficient (Wildman–Crippen LogP) is 10.6. The summed E-state index contributed by atoms with van der Waals surface area (Å²) in [6.45, 7) is 4.71. The maximum Gasteiger partial charge on any atom is 0.185 e. The molecule has 3 heterocycles. The van der Waals surface area contributed by atoms with Gasteiger partial charge in [-0.1, -0.05) is 184 Å². The van der Waals surface area contributed by atoms with Crippen molar-refractivity contribution in [1.29, 1.82) is 0 Å². The molecule has 8 aromatic carbocycles. The van der Waals surface area contributed by atoms with Gasteiger partial charge in [-0.15, -0.1) is 0 Å². The van der Waals surface area contributed by atoms with Crippen molar-refractivity contribution in [1.82, 2.24) is 14.5 Å². The molecule has 0 saturated heterocycles. The summed E-state index contributed by atoms with van der Waals surface area (Å²) >= 11 is 0. The van der Waals surface area contributed by atoms with Gasteiger partial charge in [-0.05, 0) is 62.6 Å². The molecule has 0 spiro atoms. The molecule has 278 valence electrons. The highest BCUT2D eigenvalue weighted by atomic mass is 28.3. The number of hydrogen-bond acceptors (Lipinski definition) is 2. The molecule has 3 nitrogen and oxygen atoms in total. The molecular formula is C55H39N3Si. The molecule has 0 bridgehead atoms. The third-order valence-electron chi connectivity index (χ3n) is 13.1. The van der Waals surface area contributed by atoms with Crippen molar-refractivity contribution < 1.29 is 0 Å². The first kappa shape index (κ1) is 33.9. The van der Waals surface area contributed by atoms with E-state index in [1.165, 1.54) is 70.4 Å². The van der Waals surface area contributed by atoms with E-state index in [4.69, 9.17) is 9.97 Å². The van der Waals surface area contributed by atoms with Gasteiger partial charge in [0, 0.05) is 49.3 Å². The highest BCUT2D eigenvalue weighted by Crippen LogP contribution is 2.52. The molecule has 0 unspecified atom stereocenters. The lowest BCUT2D eigenvalue weighted by molar-refractivity contribution is 0.661. The zero-order valence-corrected chi connectivity index (χ0v) is 33.9.